The third-order valence-corrected chi connectivity index (χ3v) is 4.56. The van der Waals surface area contributed by atoms with Crippen LogP contribution in [0.4, 0.5) is 5.82 Å². The van der Waals surface area contributed by atoms with Crippen molar-refractivity contribution in [2.24, 2.45) is 0 Å². The lowest BCUT2D eigenvalue weighted by atomic mass is 10.0. The summed E-state index contributed by atoms with van der Waals surface area (Å²) in [6, 6.07) is 7.33. The van der Waals surface area contributed by atoms with E-state index in [-0.39, 0.29) is 24.1 Å². The summed E-state index contributed by atoms with van der Waals surface area (Å²) in [5.74, 6) is 1.80. The van der Waals surface area contributed by atoms with Crippen molar-refractivity contribution in [2.75, 3.05) is 12.8 Å². The molecule has 148 valence electrons. The number of hydrogen-bond acceptors (Lipinski definition) is 9. The van der Waals surface area contributed by atoms with Crippen molar-refractivity contribution in [3.05, 3.63) is 47.1 Å². The Kier molecular flexibility index (Phi) is 5.24. The van der Waals surface area contributed by atoms with Gasteiger partial charge in [-0.25, -0.2) is 9.97 Å². The van der Waals surface area contributed by atoms with Gasteiger partial charge in [-0.3, -0.25) is 0 Å². The molecule has 0 amide bonds. The maximum Gasteiger partial charge on any atom is 0.264 e. The summed E-state index contributed by atoms with van der Waals surface area (Å²) in [5, 5.41) is 8.75. The Labute approximate surface area is 170 Å². The van der Waals surface area contributed by atoms with Gasteiger partial charge in [-0.2, -0.15) is 4.98 Å². The SMILES string of the molecule is CCc1onc(-c2ccccc2Cl)c1-c1nc(-c2cnc(COC)nc2N)no1. The van der Waals surface area contributed by atoms with Crippen LogP contribution in [0.5, 0.6) is 0 Å². The minimum atomic E-state index is 0.228. The molecule has 0 unspecified atom stereocenters. The highest BCUT2D eigenvalue weighted by Gasteiger charge is 2.25. The molecule has 0 aliphatic heterocycles. The van der Waals surface area contributed by atoms with Gasteiger partial charge in [0.25, 0.3) is 5.89 Å². The van der Waals surface area contributed by atoms with E-state index in [2.05, 4.69) is 25.3 Å². The van der Waals surface area contributed by atoms with Gasteiger partial charge < -0.3 is 19.5 Å². The van der Waals surface area contributed by atoms with Crippen molar-refractivity contribution in [1.29, 1.82) is 0 Å². The Morgan fingerprint density at radius 3 is 2.66 bits per heavy atom. The van der Waals surface area contributed by atoms with Crippen molar-refractivity contribution in [3.8, 4) is 34.1 Å². The number of benzene rings is 1. The Bertz CT molecular complexity index is 1160. The van der Waals surface area contributed by atoms with Crippen LogP contribution in [0, 0.1) is 0 Å². The first kappa shape index (κ1) is 19.0. The third kappa shape index (κ3) is 3.57. The van der Waals surface area contributed by atoms with Crippen molar-refractivity contribution in [1.82, 2.24) is 25.3 Å². The molecular weight excluding hydrogens is 396 g/mol. The Morgan fingerprint density at radius 1 is 1.10 bits per heavy atom. The molecule has 0 aliphatic carbocycles. The number of aryl methyl sites for hydroxylation is 1. The summed E-state index contributed by atoms with van der Waals surface area (Å²) in [4.78, 5) is 12.9. The summed E-state index contributed by atoms with van der Waals surface area (Å²) in [6.07, 6.45) is 2.12. The number of halogens is 1. The van der Waals surface area contributed by atoms with E-state index < -0.39 is 0 Å². The average molecular weight is 413 g/mol. The molecule has 0 saturated carbocycles. The fourth-order valence-corrected chi connectivity index (χ4v) is 3.09. The van der Waals surface area contributed by atoms with E-state index in [0.29, 0.717) is 45.4 Å². The molecule has 2 N–H and O–H groups in total. The van der Waals surface area contributed by atoms with E-state index in [4.69, 9.17) is 31.1 Å². The molecule has 0 saturated heterocycles. The summed E-state index contributed by atoms with van der Waals surface area (Å²) in [7, 11) is 1.56. The zero-order valence-electron chi connectivity index (χ0n) is 15.7. The molecule has 0 spiro atoms. The standard InChI is InChI=1S/C19H17ClN6O3/c1-3-13-15(16(25-28-13)10-6-4-5-7-12(10)20)19-24-18(26-29-19)11-8-22-14(9-27-2)23-17(11)21/h4-8H,3,9H2,1-2H3,(H2,21,22,23). The van der Waals surface area contributed by atoms with Gasteiger partial charge in [-0.15, -0.1) is 0 Å². The van der Waals surface area contributed by atoms with Crippen molar-refractivity contribution in [2.45, 2.75) is 20.0 Å². The van der Waals surface area contributed by atoms with Crippen molar-refractivity contribution < 1.29 is 13.8 Å². The van der Waals surface area contributed by atoms with Crippen molar-refractivity contribution >= 4 is 17.4 Å². The van der Waals surface area contributed by atoms with Crippen molar-refractivity contribution in [3.63, 3.8) is 0 Å². The molecule has 0 aliphatic rings. The van der Waals surface area contributed by atoms with Gasteiger partial charge in [-0.1, -0.05) is 47.0 Å². The first-order chi connectivity index (χ1) is 14.1. The smallest absolute Gasteiger partial charge is 0.264 e. The van der Waals surface area contributed by atoms with Gasteiger partial charge in [-0.05, 0) is 6.07 Å². The molecule has 0 bridgehead atoms. The largest absolute Gasteiger partial charge is 0.383 e. The van der Waals surface area contributed by atoms with Crippen LogP contribution in [0.2, 0.25) is 5.02 Å². The van der Waals surface area contributed by atoms with Gasteiger partial charge in [0.15, 0.2) is 5.82 Å². The molecule has 0 fully saturated rings. The van der Waals surface area contributed by atoms with Crippen LogP contribution in [0.3, 0.4) is 0 Å². The van der Waals surface area contributed by atoms with E-state index in [9.17, 15) is 0 Å². The second kappa shape index (κ2) is 7.98. The summed E-state index contributed by atoms with van der Waals surface area (Å²) in [6.45, 7) is 2.20. The third-order valence-electron chi connectivity index (χ3n) is 4.24. The average Bonchev–Trinajstić information content (AvgIpc) is 3.35. The molecule has 0 radical (unpaired) electrons. The summed E-state index contributed by atoms with van der Waals surface area (Å²) in [5.41, 5.74) is 8.31. The lowest BCUT2D eigenvalue weighted by Crippen LogP contribution is -2.03. The molecule has 4 rings (SSSR count). The quantitative estimate of drug-likeness (QED) is 0.503. The number of ether oxygens (including phenoxy) is 1. The minimum Gasteiger partial charge on any atom is -0.383 e. The molecule has 3 heterocycles. The topological polar surface area (TPSA) is 126 Å². The first-order valence-electron chi connectivity index (χ1n) is 8.80. The van der Waals surface area contributed by atoms with Crippen LogP contribution in [-0.2, 0) is 17.8 Å². The van der Waals surface area contributed by atoms with Gasteiger partial charge in [0.2, 0.25) is 5.82 Å². The van der Waals surface area contributed by atoms with Crippen LogP contribution in [0.15, 0.2) is 39.5 Å². The monoisotopic (exact) mass is 412 g/mol. The van der Waals surface area contributed by atoms with E-state index in [1.54, 1.807) is 13.2 Å². The lowest BCUT2D eigenvalue weighted by Gasteiger charge is -2.02. The van der Waals surface area contributed by atoms with Crippen LogP contribution in [-0.4, -0.2) is 32.4 Å². The number of anilines is 1. The van der Waals surface area contributed by atoms with E-state index in [1.807, 2.05) is 25.1 Å². The number of nitrogen functional groups attached to an aromatic ring is 1. The number of aromatic nitrogens is 5. The van der Waals surface area contributed by atoms with Crippen LogP contribution in [0.1, 0.15) is 18.5 Å². The molecule has 9 nitrogen and oxygen atoms in total. The summed E-state index contributed by atoms with van der Waals surface area (Å²) >= 11 is 6.34. The number of nitrogens with zero attached hydrogens (tertiary/aromatic N) is 5. The summed E-state index contributed by atoms with van der Waals surface area (Å²) < 4.78 is 16.0. The normalized spacial score (nSPS) is 11.1. The molecule has 4 aromatic rings. The van der Waals surface area contributed by atoms with Crippen LogP contribution >= 0.6 is 11.6 Å². The maximum atomic E-state index is 6.34. The van der Waals surface area contributed by atoms with Gasteiger partial charge in [0, 0.05) is 25.3 Å². The Hall–Kier alpha value is -3.30. The second-order valence-corrected chi connectivity index (χ2v) is 6.51. The minimum absolute atomic E-state index is 0.228. The molecule has 10 heteroatoms. The zero-order valence-corrected chi connectivity index (χ0v) is 16.5. The molecular formula is C19H17ClN6O3. The molecule has 3 aromatic heterocycles. The Morgan fingerprint density at radius 2 is 1.93 bits per heavy atom. The predicted molar refractivity (Wildman–Crippen MR) is 106 cm³/mol. The van der Waals surface area contributed by atoms with Gasteiger partial charge in [0.1, 0.15) is 29.4 Å². The van der Waals surface area contributed by atoms with Gasteiger partial charge in [0.05, 0.1) is 10.6 Å². The molecule has 29 heavy (non-hydrogen) atoms. The van der Waals surface area contributed by atoms with Gasteiger partial charge >= 0.3 is 0 Å². The predicted octanol–water partition coefficient (Wildman–Crippen LogP) is 3.79. The molecule has 0 atom stereocenters. The number of methoxy groups -OCH3 is 1. The second-order valence-electron chi connectivity index (χ2n) is 6.10. The number of nitrogens with two attached hydrogens (primary N) is 1. The fourth-order valence-electron chi connectivity index (χ4n) is 2.86. The van der Waals surface area contributed by atoms with Crippen LogP contribution < -0.4 is 5.73 Å². The highest BCUT2D eigenvalue weighted by Crippen LogP contribution is 2.38. The first-order valence-corrected chi connectivity index (χ1v) is 9.18. The van der Waals surface area contributed by atoms with E-state index in [1.165, 1.54) is 6.20 Å². The number of rotatable bonds is 6. The van der Waals surface area contributed by atoms with Crippen LogP contribution in [0.25, 0.3) is 34.1 Å². The highest BCUT2D eigenvalue weighted by atomic mass is 35.5. The van der Waals surface area contributed by atoms with E-state index in [0.717, 1.165) is 0 Å². The molecule has 1 aromatic carbocycles. The maximum absolute atomic E-state index is 6.34. The zero-order chi connectivity index (χ0) is 20.4. The lowest BCUT2D eigenvalue weighted by molar-refractivity contribution is 0.178. The number of hydrogen-bond donors (Lipinski definition) is 1. The fraction of sp³-hybridized carbons (Fsp3) is 0.211. The highest BCUT2D eigenvalue weighted by molar-refractivity contribution is 6.33. The Balaban J connectivity index is 1.78. The van der Waals surface area contributed by atoms with E-state index >= 15 is 0 Å².